The van der Waals surface area contributed by atoms with Crippen LogP contribution in [0.25, 0.3) is 108 Å². The van der Waals surface area contributed by atoms with E-state index < -0.39 is 0 Å². The largest absolute Gasteiger partial charge is 0.464 e. The summed E-state index contributed by atoms with van der Waals surface area (Å²) >= 11 is 1.90. The fourth-order valence-corrected chi connectivity index (χ4v) is 9.94. The molecule has 0 spiro atoms. The average Bonchev–Trinajstić information content (AvgIpc) is 3.88. The van der Waals surface area contributed by atoms with E-state index in [4.69, 9.17) is 4.42 Å². The van der Waals surface area contributed by atoms with Crippen LogP contribution in [0, 0.1) is 0 Å². The highest BCUT2D eigenvalue weighted by Crippen LogP contribution is 2.51. The molecule has 52 heavy (non-hydrogen) atoms. The van der Waals surface area contributed by atoms with Gasteiger partial charge in [0, 0.05) is 31.3 Å². The highest BCUT2D eigenvalue weighted by atomic mass is 32.1. The van der Waals surface area contributed by atoms with E-state index in [0.717, 1.165) is 11.3 Å². The maximum absolute atomic E-state index is 6.04. The lowest BCUT2D eigenvalue weighted by Gasteiger charge is -2.18. The topological polar surface area (TPSA) is 13.1 Å². The Balaban J connectivity index is 1.25. The molecule has 0 bridgehead atoms. The molecule has 0 aliphatic heterocycles. The smallest absolute Gasteiger partial charge is 0.135 e. The molecule has 11 rings (SSSR count). The van der Waals surface area contributed by atoms with Crippen molar-refractivity contribution >= 4 is 74.6 Å². The van der Waals surface area contributed by atoms with Crippen LogP contribution in [0.5, 0.6) is 0 Å². The Morgan fingerprint density at radius 3 is 1.35 bits per heavy atom. The maximum atomic E-state index is 6.04. The van der Waals surface area contributed by atoms with Crippen molar-refractivity contribution in [3.8, 4) is 44.7 Å². The predicted molar refractivity (Wildman–Crippen MR) is 223 cm³/mol. The number of rotatable bonds is 4. The van der Waals surface area contributed by atoms with Gasteiger partial charge in [0.2, 0.25) is 0 Å². The lowest BCUT2D eigenvalue weighted by molar-refractivity contribution is 0.583. The molecule has 2 heteroatoms. The summed E-state index contributed by atoms with van der Waals surface area (Å²) < 4.78 is 8.64. The van der Waals surface area contributed by atoms with Crippen LogP contribution >= 0.6 is 11.3 Å². The van der Waals surface area contributed by atoms with Crippen molar-refractivity contribution in [3.05, 3.63) is 182 Å². The number of hydrogen-bond donors (Lipinski definition) is 0. The molecule has 2 heterocycles. The summed E-state index contributed by atoms with van der Waals surface area (Å²) in [6.07, 6.45) is 1.77. The van der Waals surface area contributed by atoms with Crippen LogP contribution in [-0.2, 0) is 0 Å². The Labute approximate surface area is 304 Å². The van der Waals surface area contributed by atoms with Crippen molar-refractivity contribution < 1.29 is 4.42 Å². The van der Waals surface area contributed by atoms with E-state index in [1.165, 1.54) is 96.6 Å². The number of fused-ring (bicyclic) bond motifs is 7. The monoisotopic (exact) mass is 678 g/mol. The van der Waals surface area contributed by atoms with Crippen molar-refractivity contribution in [1.82, 2.24) is 0 Å². The predicted octanol–water partition coefficient (Wildman–Crippen LogP) is 14.9. The molecule has 1 nitrogen and oxygen atoms in total. The van der Waals surface area contributed by atoms with Crippen LogP contribution in [0.15, 0.2) is 187 Å². The fourth-order valence-electron chi connectivity index (χ4n) is 8.69. The molecule has 0 atom stereocenters. The summed E-state index contributed by atoms with van der Waals surface area (Å²) in [6, 6.07) is 64.2. The normalized spacial score (nSPS) is 11.8. The van der Waals surface area contributed by atoms with Crippen molar-refractivity contribution in [2.24, 2.45) is 0 Å². The van der Waals surface area contributed by atoms with Gasteiger partial charge >= 0.3 is 0 Å². The molecule has 9 aromatic carbocycles. The molecule has 0 fully saturated rings. The van der Waals surface area contributed by atoms with E-state index in [-0.39, 0.29) is 0 Å². The molecule has 242 valence electrons. The molecule has 0 aliphatic rings. The van der Waals surface area contributed by atoms with Gasteiger partial charge in [0.1, 0.15) is 5.76 Å². The average molecular weight is 679 g/mol. The van der Waals surface area contributed by atoms with Gasteiger partial charge in [-0.2, -0.15) is 0 Å². The summed E-state index contributed by atoms with van der Waals surface area (Å²) in [5.74, 6) is 0.890. The van der Waals surface area contributed by atoms with Gasteiger partial charge in [-0.1, -0.05) is 158 Å². The second-order valence-electron chi connectivity index (χ2n) is 13.5. The number of furan rings is 1. The Bertz CT molecular complexity index is 3050. The standard InChI is InChI=1S/C50H30OS/c1-2-15-31(16-3-1)45-32-17-4-6-19-34(32)46(35-20-7-5-18-33(35)45)40-25-13-29-44-49(40)42-27-12-26-41(50(42)52-44)47-36-21-8-10-23-38(36)48(43-28-14-30-51-43)39-24-11-9-22-37(39)47/h1-30H. The molecule has 2 aromatic heterocycles. The van der Waals surface area contributed by atoms with Crippen LogP contribution in [0.1, 0.15) is 0 Å². The molecule has 0 saturated heterocycles. The van der Waals surface area contributed by atoms with Gasteiger partial charge in [-0.15, -0.1) is 11.3 Å². The Hall–Kier alpha value is -6.48. The Morgan fingerprint density at radius 1 is 0.327 bits per heavy atom. The summed E-state index contributed by atoms with van der Waals surface area (Å²) in [5, 5.41) is 12.5. The van der Waals surface area contributed by atoms with Crippen molar-refractivity contribution in [2.75, 3.05) is 0 Å². The molecule has 0 saturated carbocycles. The van der Waals surface area contributed by atoms with Crippen LogP contribution in [0.4, 0.5) is 0 Å². The molecule has 0 N–H and O–H groups in total. The summed E-state index contributed by atoms with van der Waals surface area (Å²) in [7, 11) is 0. The molecular weight excluding hydrogens is 649 g/mol. The SMILES string of the molecule is c1ccc(-c2c3ccccc3c(-c3cccc4sc5c(-c6c7ccccc7c(-c7ccco7)c7ccccc67)cccc5c34)c3ccccc23)cc1. The molecule has 11 aromatic rings. The van der Waals surface area contributed by atoms with Gasteiger partial charge in [-0.25, -0.2) is 0 Å². The number of thiophene rings is 1. The lowest BCUT2D eigenvalue weighted by Crippen LogP contribution is -1.91. The van der Waals surface area contributed by atoms with E-state index in [1.807, 2.05) is 17.4 Å². The molecule has 0 unspecified atom stereocenters. The second kappa shape index (κ2) is 11.5. The van der Waals surface area contributed by atoms with E-state index in [2.05, 4.69) is 170 Å². The quantitative estimate of drug-likeness (QED) is 0.169. The highest BCUT2D eigenvalue weighted by molar-refractivity contribution is 7.26. The van der Waals surface area contributed by atoms with Gasteiger partial charge in [0.15, 0.2) is 0 Å². The molecule has 0 aliphatic carbocycles. The zero-order valence-corrected chi connectivity index (χ0v) is 29.0. The minimum absolute atomic E-state index is 0.890. The van der Waals surface area contributed by atoms with Gasteiger partial charge in [0.05, 0.1) is 6.26 Å². The summed E-state index contributed by atoms with van der Waals surface area (Å²) in [5.41, 5.74) is 8.76. The third-order valence-electron chi connectivity index (χ3n) is 10.8. The van der Waals surface area contributed by atoms with Crippen molar-refractivity contribution in [3.63, 3.8) is 0 Å². The van der Waals surface area contributed by atoms with E-state index >= 15 is 0 Å². The zero-order chi connectivity index (χ0) is 34.2. The third kappa shape index (κ3) is 4.22. The van der Waals surface area contributed by atoms with E-state index in [9.17, 15) is 0 Å². The first kappa shape index (κ1) is 29.3. The first-order valence-electron chi connectivity index (χ1n) is 17.8. The van der Waals surface area contributed by atoms with E-state index in [0.29, 0.717) is 0 Å². The summed E-state index contributed by atoms with van der Waals surface area (Å²) in [6.45, 7) is 0. The van der Waals surface area contributed by atoms with Crippen LogP contribution < -0.4 is 0 Å². The Morgan fingerprint density at radius 2 is 0.788 bits per heavy atom. The zero-order valence-electron chi connectivity index (χ0n) is 28.1. The highest BCUT2D eigenvalue weighted by Gasteiger charge is 2.23. The van der Waals surface area contributed by atoms with Crippen LogP contribution in [0.2, 0.25) is 0 Å². The number of benzene rings is 9. The van der Waals surface area contributed by atoms with Gasteiger partial charge in [-0.3, -0.25) is 0 Å². The van der Waals surface area contributed by atoms with Crippen molar-refractivity contribution in [1.29, 1.82) is 0 Å². The molecular formula is C50H30OS. The second-order valence-corrected chi connectivity index (χ2v) is 14.5. The summed E-state index contributed by atoms with van der Waals surface area (Å²) in [4.78, 5) is 0. The fraction of sp³-hybridized carbons (Fsp3) is 0. The van der Waals surface area contributed by atoms with Gasteiger partial charge in [0.25, 0.3) is 0 Å². The van der Waals surface area contributed by atoms with Gasteiger partial charge < -0.3 is 4.42 Å². The molecule has 0 radical (unpaired) electrons. The maximum Gasteiger partial charge on any atom is 0.135 e. The molecule has 0 amide bonds. The van der Waals surface area contributed by atoms with E-state index in [1.54, 1.807) is 6.26 Å². The minimum Gasteiger partial charge on any atom is -0.464 e. The lowest BCUT2D eigenvalue weighted by atomic mass is 9.84. The van der Waals surface area contributed by atoms with Gasteiger partial charge in [-0.05, 0) is 89.1 Å². The van der Waals surface area contributed by atoms with Crippen LogP contribution in [-0.4, -0.2) is 0 Å². The first-order chi connectivity index (χ1) is 25.8. The third-order valence-corrected chi connectivity index (χ3v) is 12.0. The first-order valence-corrected chi connectivity index (χ1v) is 18.6. The van der Waals surface area contributed by atoms with Crippen molar-refractivity contribution in [2.45, 2.75) is 0 Å². The Kier molecular flexibility index (Phi) is 6.49. The number of hydrogen-bond acceptors (Lipinski definition) is 2. The minimum atomic E-state index is 0.890. The van der Waals surface area contributed by atoms with Crippen LogP contribution in [0.3, 0.4) is 0 Å².